The molecule has 7 heteroatoms. The van der Waals surface area contributed by atoms with Crippen LogP contribution in [0.3, 0.4) is 0 Å². The van der Waals surface area contributed by atoms with Gasteiger partial charge in [-0.05, 0) is 22.6 Å². The zero-order valence-corrected chi connectivity index (χ0v) is 8.14. The van der Waals surface area contributed by atoms with Crippen LogP contribution in [0.5, 0.6) is 5.75 Å². The fourth-order valence-corrected chi connectivity index (χ4v) is 1.08. The largest absolute Gasteiger partial charge is 0.573 e. The molecule has 0 atom stereocenters. The molecule has 1 aromatic heterocycles. The molecule has 1 aromatic rings. The van der Waals surface area contributed by atoms with Gasteiger partial charge < -0.3 is 9.72 Å². The lowest BCUT2D eigenvalue weighted by molar-refractivity contribution is -0.275. The lowest BCUT2D eigenvalue weighted by atomic mass is 10.4. The molecule has 0 aliphatic carbocycles. The van der Waals surface area contributed by atoms with Gasteiger partial charge in [0.1, 0.15) is 0 Å². The van der Waals surface area contributed by atoms with E-state index in [1.54, 1.807) is 22.6 Å². The van der Waals surface area contributed by atoms with Gasteiger partial charge in [-0.1, -0.05) is 0 Å². The lowest BCUT2D eigenvalue weighted by Gasteiger charge is -2.07. The Hall–Kier alpha value is -0.730. The van der Waals surface area contributed by atoms with E-state index >= 15 is 0 Å². The van der Waals surface area contributed by atoms with Crippen LogP contribution < -0.4 is 10.2 Å². The molecular weight excluding hydrogens is 302 g/mol. The Labute approximate surface area is 84.0 Å². The van der Waals surface area contributed by atoms with Gasteiger partial charge in [-0.2, -0.15) is 0 Å². The molecule has 0 amide bonds. The summed E-state index contributed by atoms with van der Waals surface area (Å²) in [4.78, 5) is 13.3. The maximum absolute atomic E-state index is 11.6. The summed E-state index contributed by atoms with van der Waals surface area (Å²) in [6.07, 6.45) is -3.96. The maximum Gasteiger partial charge on any atom is 0.573 e. The smallest absolute Gasteiger partial charge is 0.400 e. The topological polar surface area (TPSA) is 42.1 Å². The van der Waals surface area contributed by atoms with Gasteiger partial charge in [0, 0.05) is 12.3 Å². The Kier molecular flexibility index (Phi) is 2.84. The predicted octanol–water partition coefficient (Wildman–Crippen LogP) is 1.88. The van der Waals surface area contributed by atoms with E-state index in [0.717, 1.165) is 12.3 Å². The quantitative estimate of drug-likeness (QED) is 0.636. The van der Waals surface area contributed by atoms with Crippen molar-refractivity contribution in [3.63, 3.8) is 0 Å². The van der Waals surface area contributed by atoms with Crippen molar-refractivity contribution in [1.29, 1.82) is 0 Å². The highest BCUT2D eigenvalue weighted by molar-refractivity contribution is 14.1. The van der Waals surface area contributed by atoms with E-state index in [1.165, 1.54) is 0 Å². The third-order valence-electron chi connectivity index (χ3n) is 1.07. The number of rotatable bonds is 1. The van der Waals surface area contributed by atoms with Crippen LogP contribution in [-0.4, -0.2) is 11.3 Å². The van der Waals surface area contributed by atoms with Crippen LogP contribution in [0.4, 0.5) is 13.2 Å². The van der Waals surface area contributed by atoms with Crippen molar-refractivity contribution in [1.82, 2.24) is 4.98 Å². The number of H-pyrrole nitrogens is 1. The SMILES string of the molecule is O=c1cc(I)[nH]cc1OC(F)(F)F. The Bertz CT molecular complexity index is 360. The number of ether oxygens (including phenoxy) is 1. The first-order valence-corrected chi connectivity index (χ1v) is 4.10. The van der Waals surface area contributed by atoms with Gasteiger partial charge in [-0.3, -0.25) is 4.79 Å². The fraction of sp³-hybridized carbons (Fsp3) is 0.167. The van der Waals surface area contributed by atoms with Crippen molar-refractivity contribution in [3.05, 3.63) is 26.2 Å². The Morgan fingerprint density at radius 2 is 2.08 bits per heavy atom. The number of hydrogen-bond donors (Lipinski definition) is 1. The second-order valence-electron chi connectivity index (χ2n) is 2.06. The van der Waals surface area contributed by atoms with Crippen LogP contribution in [0.2, 0.25) is 0 Å². The van der Waals surface area contributed by atoms with Crippen LogP contribution in [0.15, 0.2) is 17.1 Å². The molecule has 0 aliphatic rings. The highest BCUT2D eigenvalue weighted by Crippen LogP contribution is 2.18. The molecule has 0 saturated heterocycles. The first-order chi connectivity index (χ1) is 5.88. The van der Waals surface area contributed by atoms with Gasteiger partial charge in [-0.25, -0.2) is 0 Å². The molecule has 1 N–H and O–H groups in total. The van der Waals surface area contributed by atoms with Gasteiger partial charge >= 0.3 is 6.36 Å². The van der Waals surface area contributed by atoms with Crippen molar-refractivity contribution in [2.45, 2.75) is 6.36 Å². The van der Waals surface area contributed by atoms with Gasteiger partial charge in [0.15, 0.2) is 5.75 Å². The molecule has 1 rings (SSSR count). The van der Waals surface area contributed by atoms with Crippen LogP contribution in [0, 0.1) is 3.70 Å². The minimum absolute atomic E-state index is 0.442. The third-order valence-corrected chi connectivity index (χ3v) is 1.69. The molecule has 0 fully saturated rings. The molecule has 0 bridgehead atoms. The standard InChI is InChI=1S/C6H3F3INO2/c7-6(8,9)13-4-2-11-5(10)1-3(4)12/h1-2H,(H,11,12). The van der Waals surface area contributed by atoms with E-state index in [1.807, 2.05) is 0 Å². The van der Waals surface area contributed by atoms with Crippen molar-refractivity contribution < 1.29 is 17.9 Å². The molecule has 3 nitrogen and oxygen atoms in total. The molecule has 0 radical (unpaired) electrons. The first-order valence-electron chi connectivity index (χ1n) is 3.02. The second-order valence-corrected chi connectivity index (χ2v) is 3.22. The molecule has 13 heavy (non-hydrogen) atoms. The monoisotopic (exact) mass is 305 g/mol. The number of aromatic nitrogens is 1. The van der Waals surface area contributed by atoms with Crippen molar-refractivity contribution in [2.75, 3.05) is 0 Å². The zero-order chi connectivity index (χ0) is 10.1. The molecule has 1 heterocycles. The predicted molar refractivity (Wildman–Crippen MR) is 46.5 cm³/mol. The summed E-state index contributed by atoms with van der Waals surface area (Å²) in [5.41, 5.74) is -0.805. The van der Waals surface area contributed by atoms with E-state index in [2.05, 4.69) is 9.72 Å². The summed E-state index contributed by atoms with van der Waals surface area (Å²) >= 11 is 1.77. The zero-order valence-electron chi connectivity index (χ0n) is 5.98. The number of hydrogen-bond acceptors (Lipinski definition) is 2. The number of nitrogens with one attached hydrogen (secondary N) is 1. The molecular formula is C6H3F3INO2. The Morgan fingerprint density at radius 1 is 1.46 bits per heavy atom. The molecule has 72 valence electrons. The van der Waals surface area contributed by atoms with E-state index in [-0.39, 0.29) is 0 Å². The van der Waals surface area contributed by atoms with Gasteiger partial charge in [0.25, 0.3) is 0 Å². The maximum atomic E-state index is 11.6. The third kappa shape index (κ3) is 3.25. The van der Waals surface area contributed by atoms with E-state index in [0.29, 0.717) is 3.70 Å². The van der Waals surface area contributed by atoms with Crippen LogP contribution >= 0.6 is 22.6 Å². The van der Waals surface area contributed by atoms with Crippen LogP contribution in [-0.2, 0) is 0 Å². The molecule has 0 aromatic carbocycles. The normalized spacial score (nSPS) is 11.4. The van der Waals surface area contributed by atoms with Gasteiger partial charge in [0.2, 0.25) is 5.43 Å². The number of pyridine rings is 1. The van der Waals surface area contributed by atoms with E-state index in [9.17, 15) is 18.0 Å². The van der Waals surface area contributed by atoms with Gasteiger partial charge in [-0.15, -0.1) is 13.2 Å². The highest BCUT2D eigenvalue weighted by Gasteiger charge is 2.32. The minimum atomic E-state index is -4.83. The molecule has 0 spiro atoms. The van der Waals surface area contributed by atoms with Crippen LogP contribution in [0.1, 0.15) is 0 Å². The highest BCUT2D eigenvalue weighted by atomic mass is 127. The summed E-state index contributed by atoms with van der Waals surface area (Å²) in [5, 5.41) is 0. The summed E-state index contributed by atoms with van der Waals surface area (Å²) in [5.74, 6) is -0.757. The van der Waals surface area contributed by atoms with Crippen molar-refractivity contribution >= 4 is 22.6 Å². The average molecular weight is 305 g/mol. The summed E-state index contributed by atoms with van der Waals surface area (Å²) < 4.78 is 38.8. The Morgan fingerprint density at radius 3 is 2.54 bits per heavy atom. The summed E-state index contributed by atoms with van der Waals surface area (Å²) in [7, 11) is 0. The molecule has 0 unspecified atom stereocenters. The molecule has 0 aliphatic heterocycles. The summed E-state index contributed by atoms with van der Waals surface area (Å²) in [6.45, 7) is 0. The minimum Gasteiger partial charge on any atom is -0.400 e. The van der Waals surface area contributed by atoms with Crippen molar-refractivity contribution in [3.8, 4) is 5.75 Å². The lowest BCUT2D eigenvalue weighted by Crippen LogP contribution is -2.21. The number of aromatic amines is 1. The second kappa shape index (κ2) is 3.56. The summed E-state index contributed by atoms with van der Waals surface area (Å²) in [6, 6.07) is 1.02. The average Bonchev–Trinajstić information content (AvgIpc) is 1.93. The number of halogens is 4. The van der Waals surface area contributed by atoms with E-state index in [4.69, 9.17) is 0 Å². The fourth-order valence-electron chi connectivity index (χ4n) is 0.638. The number of alkyl halides is 3. The first kappa shape index (κ1) is 10.4. The Balaban J connectivity index is 2.98. The van der Waals surface area contributed by atoms with E-state index < -0.39 is 17.5 Å². The van der Waals surface area contributed by atoms with Crippen molar-refractivity contribution in [2.24, 2.45) is 0 Å². The molecule has 0 saturated carbocycles. The van der Waals surface area contributed by atoms with Crippen LogP contribution in [0.25, 0.3) is 0 Å². The van der Waals surface area contributed by atoms with Gasteiger partial charge in [0.05, 0.1) is 3.70 Å².